The molecule has 0 unspecified atom stereocenters. The third-order valence-electron chi connectivity index (χ3n) is 2.42. The highest BCUT2D eigenvalue weighted by molar-refractivity contribution is 7.99. The Balaban J connectivity index is 2.23. The van der Waals surface area contributed by atoms with E-state index in [4.69, 9.17) is 11.6 Å². The third-order valence-corrected chi connectivity index (χ3v) is 3.45. The van der Waals surface area contributed by atoms with Gasteiger partial charge in [0, 0.05) is 6.20 Å². The number of amides is 1. The maximum atomic E-state index is 11.1. The van der Waals surface area contributed by atoms with E-state index in [-0.39, 0.29) is 11.7 Å². The van der Waals surface area contributed by atoms with Crippen molar-refractivity contribution in [2.45, 2.75) is 5.03 Å². The van der Waals surface area contributed by atoms with E-state index in [0.29, 0.717) is 5.69 Å². The minimum Gasteiger partial charge on any atom is -0.397 e. The Morgan fingerprint density at radius 2 is 2.06 bits per heavy atom. The van der Waals surface area contributed by atoms with E-state index in [2.05, 4.69) is 5.43 Å². The van der Waals surface area contributed by atoms with Crippen LogP contribution >= 0.6 is 11.8 Å². The highest BCUT2D eigenvalue weighted by atomic mass is 32.2. The summed E-state index contributed by atoms with van der Waals surface area (Å²) in [6.45, 7) is 0. The van der Waals surface area contributed by atoms with Crippen molar-refractivity contribution in [3.05, 3.63) is 42.6 Å². The monoisotopic (exact) mass is 262 g/mol. The Labute approximate surface area is 109 Å². The number of nitrogen functional groups attached to an aromatic ring is 1. The Hall–Kier alpha value is -1.92. The number of hydrogen-bond acceptors (Lipinski definition) is 4. The number of aromatic nitrogens is 1. The first-order chi connectivity index (χ1) is 8.72. The standard InChI is InChI=1S/C12H14N4OS/c13-9-4-1-2-5-10(9)16-7-3-6-12(16)18-8-11(17)15-14/h1-7H,8,13-14H2,(H,15,17). The number of nitrogens with one attached hydrogen (secondary N) is 1. The highest BCUT2D eigenvalue weighted by Crippen LogP contribution is 2.25. The van der Waals surface area contributed by atoms with Gasteiger partial charge in [-0.2, -0.15) is 0 Å². The Morgan fingerprint density at radius 1 is 1.28 bits per heavy atom. The van der Waals surface area contributed by atoms with Gasteiger partial charge < -0.3 is 10.3 Å². The SMILES string of the molecule is NNC(=O)CSc1cccn1-c1ccccc1N. The van der Waals surface area contributed by atoms with Gasteiger partial charge in [0.1, 0.15) is 0 Å². The highest BCUT2D eigenvalue weighted by Gasteiger charge is 2.08. The van der Waals surface area contributed by atoms with E-state index in [1.807, 2.05) is 47.2 Å². The Bertz CT molecular complexity index is 553. The van der Waals surface area contributed by atoms with Gasteiger partial charge >= 0.3 is 0 Å². The molecule has 0 radical (unpaired) electrons. The summed E-state index contributed by atoms with van der Waals surface area (Å²) in [7, 11) is 0. The van der Waals surface area contributed by atoms with Gasteiger partial charge in [0.05, 0.1) is 22.2 Å². The maximum absolute atomic E-state index is 11.1. The molecule has 0 aliphatic carbocycles. The van der Waals surface area contributed by atoms with Gasteiger partial charge in [0.15, 0.2) is 0 Å². The lowest BCUT2D eigenvalue weighted by molar-refractivity contribution is -0.118. The molecule has 0 spiro atoms. The van der Waals surface area contributed by atoms with Crippen LogP contribution in [0.5, 0.6) is 0 Å². The van der Waals surface area contributed by atoms with Crippen LogP contribution in [0.3, 0.4) is 0 Å². The van der Waals surface area contributed by atoms with Crippen molar-refractivity contribution >= 4 is 23.4 Å². The molecule has 6 heteroatoms. The van der Waals surface area contributed by atoms with Crippen molar-refractivity contribution in [3.8, 4) is 5.69 Å². The molecule has 1 heterocycles. The summed E-state index contributed by atoms with van der Waals surface area (Å²) in [5.74, 6) is 5.10. The maximum Gasteiger partial charge on any atom is 0.244 e. The van der Waals surface area contributed by atoms with Crippen molar-refractivity contribution < 1.29 is 4.79 Å². The topological polar surface area (TPSA) is 86.1 Å². The quantitative estimate of drug-likeness (QED) is 0.253. The molecular weight excluding hydrogens is 248 g/mol. The van der Waals surface area contributed by atoms with Crippen LogP contribution in [0.1, 0.15) is 0 Å². The number of rotatable bonds is 4. The summed E-state index contributed by atoms with van der Waals surface area (Å²) in [5.41, 5.74) is 9.63. The number of nitrogens with zero attached hydrogens (tertiary/aromatic N) is 1. The molecule has 0 bridgehead atoms. The smallest absolute Gasteiger partial charge is 0.244 e. The van der Waals surface area contributed by atoms with E-state index in [9.17, 15) is 4.79 Å². The molecule has 0 aliphatic heterocycles. The average Bonchev–Trinajstić information content (AvgIpc) is 2.84. The molecule has 5 nitrogen and oxygen atoms in total. The van der Waals surface area contributed by atoms with Crippen LogP contribution in [-0.4, -0.2) is 16.2 Å². The van der Waals surface area contributed by atoms with E-state index in [0.717, 1.165) is 10.7 Å². The predicted octanol–water partition coefficient (Wildman–Crippen LogP) is 1.14. The molecule has 2 rings (SSSR count). The molecule has 94 valence electrons. The lowest BCUT2D eigenvalue weighted by Gasteiger charge is -2.10. The fourth-order valence-corrected chi connectivity index (χ4v) is 2.41. The van der Waals surface area contributed by atoms with E-state index in [1.54, 1.807) is 0 Å². The summed E-state index contributed by atoms with van der Waals surface area (Å²) in [5, 5.41) is 0.941. The zero-order chi connectivity index (χ0) is 13.0. The molecular formula is C12H14N4OS. The molecule has 1 aromatic carbocycles. The number of carbonyl (C=O) groups excluding carboxylic acids is 1. The first kappa shape index (κ1) is 12.5. The normalized spacial score (nSPS) is 10.3. The number of hydrazine groups is 1. The first-order valence-corrected chi connectivity index (χ1v) is 6.35. The van der Waals surface area contributed by atoms with Gasteiger partial charge in [-0.1, -0.05) is 23.9 Å². The van der Waals surface area contributed by atoms with E-state index in [1.165, 1.54) is 11.8 Å². The Kier molecular flexibility index (Phi) is 3.91. The summed E-state index contributed by atoms with van der Waals surface area (Å²) >= 11 is 1.41. The second-order valence-corrected chi connectivity index (χ2v) is 4.63. The third kappa shape index (κ3) is 2.66. The van der Waals surface area contributed by atoms with Gasteiger partial charge in [-0.05, 0) is 24.3 Å². The van der Waals surface area contributed by atoms with Crippen LogP contribution in [0.4, 0.5) is 5.69 Å². The number of nitrogens with two attached hydrogens (primary N) is 2. The van der Waals surface area contributed by atoms with Crippen molar-refractivity contribution in [2.75, 3.05) is 11.5 Å². The van der Waals surface area contributed by atoms with Gasteiger partial charge in [-0.25, -0.2) is 5.84 Å². The van der Waals surface area contributed by atoms with E-state index < -0.39 is 0 Å². The summed E-state index contributed by atoms with van der Waals surface area (Å²) in [6, 6.07) is 11.4. The van der Waals surface area contributed by atoms with Gasteiger partial charge in [-0.15, -0.1) is 0 Å². The molecule has 2 aromatic rings. The number of anilines is 1. The number of carbonyl (C=O) groups is 1. The van der Waals surface area contributed by atoms with Crippen molar-refractivity contribution in [1.29, 1.82) is 0 Å². The Morgan fingerprint density at radius 3 is 2.78 bits per heavy atom. The minimum atomic E-state index is -0.214. The molecule has 1 aromatic heterocycles. The van der Waals surface area contributed by atoms with Gasteiger partial charge in [0.2, 0.25) is 5.91 Å². The summed E-state index contributed by atoms with van der Waals surface area (Å²) in [6.07, 6.45) is 1.91. The lowest BCUT2D eigenvalue weighted by atomic mass is 10.3. The predicted molar refractivity (Wildman–Crippen MR) is 73.2 cm³/mol. The van der Waals surface area contributed by atoms with Gasteiger partial charge in [-0.3, -0.25) is 10.2 Å². The first-order valence-electron chi connectivity index (χ1n) is 5.37. The molecule has 0 saturated carbocycles. The largest absolute Gasteiger partial charge is 0.397 e. The van der Waals surface area contributed by atoms with E-state index >= 15 is 0 Å². The second kappa shape index (κ2) is 5.61. The molecule has 18 heavy (non-hydrogen) atoms. The molecule has 0 atom stereocenters. The van der Waals surface area contributed by atoms with Crippen molar-refractivity contribution in [3.63, 3.8) is 0 Å². The number of thioether (sulfide) groups is 1. The summed E-state index contributed by atoms with van der Waals surface area (Å²) < 4.78 is 1.95. The number of para-hydroxylation sites is 2. The van der Waals surface area contributed by atoms with Crippen LogP contribution in [0.2, 0.25) is 0 Å². The van der Waals surface area contributed by atoms with Crippen molar-refractivity contribution in [2.24, 2.45) is 5.84 Å². The summed E-state index contributed by atoms with van der Waals surface area (Å²) in [4.78, 5) is 11.1. The minimum absolute atomic E-state index is 0.214. The van der Waals surface area contributed by atoms with Crippen LogP contribution in [-0.2, 0) is 4.79 Å². The number of hydrogen-bond donors (Lipinski definition) is 3. The van der Waals surface area contributed by atoms with Crippen LogP contribution < -0.4 is 17.0 Å². The van der Waals surface area contributed by atoms with Crippen LogP contribution in [0, 0.1) is 0 Å². The molecule has 1 amide bonds. The zero-order valence-electron chi connectivity index (χ0n) is 9.67. The fraction of sp³-hybridized carbons (Fsp3) is 0.0833. The van der Waals surface area contributed by atoms with Crippen molar-refractivity contribution in [1.82, 2.24) is 9.99 Å². The van der Waals surface area contributed by atoms with Crippen LogP contribution in [0.25, 0.3) is 5.69 Å². The zero-order valence-corrected chi connectivity index (χ0v) is 10.5. The molecule has 5 N–H and O–H groups in total. The second-order valence-electron chi connectivity index (χ2n) is 3.63. The van der Waals surface area contributed by atoms with Gasteiger partial charge in [0.25, 0.3) is 0 Å². The fourth-order valence-electron chi connectivity index (χ4n) is 1.57. The average molecular weight is 262 g/mol. The number of benzene rings is 1. The lowest BCUT2D eigenvalue weighted by Crippen LogP contribution is -2.31. The molecule has 0 saturated heterocycles. The molecule has 0 aliphatic rings. The van der Waals surface area contributed by atoms with Crippen LogP contribution in [0.15, 0.2) is 47.6 Å². The molecule has 0 fully saturated rings.